The number of carbonyl (C=O) groups is 1. The van der Waals surface area contributed by atoms with Crippen LogP contribution in [-0.4, -0.2) is 5.91 Å². The molecule has 3 nitrogen and oxygen atoms in total. The van der Waals surface area contributed by atoms with Gasteiger partial charge in [-0.3, -0.25) is 4.79 Å². The van der Waals surface area contributed by atoms with Gasteiger partial charge in [0.2, 0.25) is 5.91 Å². The van der Waals surface area contributed by atoms with Gasteiger partial charge >= 0.3 is 0 Å². The van der Waals surface area contributed by atoms with Crippen LogP contribution in [0.4, 0.5) is 5.69 Å². The fraction of sp³-hybridized carbons (Fsp3) is 0.278. The molecule has 2 aromatic carbocycles. The second kappa shape index (κ2) is 7.97. The molecule has 0 saturated carbocycles. The number of rotatable bonds is 4. The number of hydrogen-bond donors (Lipinski definition) is 2. The molecule has 0 bridgehead atoms. The highest BCUT2D eigenvalue weighted by molar-refractivity contribution is 5.92. The van der Waals surface area contributed by atoms with Crippen molar-refractivity contribution < 1.29 is 4.79 Å². The zero-order valence-electron chi connectivity index (χ0n) is 13.2. The van der Waals surface area contributed by atoms with E-state index < -0.39 is 0 Å². The van der Waals surface area contributed by atoms with Crippen molar-refractivity contribution >= 4 is 24.0 Å². The first-order valence-electron chi connectivity index (χ1n) is 7.15. The Balaban J connectivity index is 0.00000242. The highest BCUT2D eigenvalue weighted by Gasteiger charge is 2.13. The first-order valence-corrected chi connectivity index (χ1v) is 7.15. The van der Waals surface area contributed by atoms with Crippen LogP contribution in [0.2, 0.25) is 0 Å². The Hall–Kier alpha value is -1.84. The summed E-state index contributed by atoms with van der Waals surface area (Å²) in [6, 6.07) is 13.6. The van der Waals surface area contributed by atoms with E-state index in [4.69, 9.17) is 5.73 Å². The number of anilines is 1. The van der Waals surface area contributed by atoms with Crippen LogP contribution in [0, 0.1) is 20.8 Å². The SMILES string of the molecule is Cc1cc(C)c(NC(=O)CC(N)c2ccccc2)c(C)c1.Cl. The van der Waals surface area contributed by atoms with Gasteiger partial charge in [-0.1, -0.05) is 48.0 Å². The van der Waals surface area contributed by atoms with E-state index in [1.807, 2.05) is 44.2 Å². The van der Waals surface area contributed by atoms with Gasteiger partial charge in [0.25, 0.3) is 0 Å². The molecule has 0 saturated heterocycles. The van der Waals surface area contributed by atoms with Gasteiger partial charge in [0.1, 0.15) is 0 Å². The molecule has 2 rings (SSSR count). The second-order valence-corrected chi connectivity index (χ2v) is 5.54. The number of carbonyl (C=O) groups excluding carboxylic acids is 1. The number of nitrogens with one attached hydrogen (secondary N) is 1. The second-order valence-electron chi connectivity index (χ2n) is 5.54. The predicted molar refractivity (Wildman–Crippen MR) is 94.5 cm³/mol. The number of nitrogens with two attached hydrogens (primary N) is 1. The maximum absolute atomic E-state index is 12.2. The molecule has 0 aliphatic heterocycles. The molecule has 4 heteroatoms. The lowest BCUT2D eigenvalue weighted by Gasteiger charge is -2.15. The van der Waals surface area contributed by atoms with Gasteiger partial charge in [0.15, 0.2) is 0 Å². The number of aryl methyl sites for hydroxylation is 3. The van der Waals surface area contributed by atoms with E-state index in [1.165, 1.54) is 5.56 Å². The lowest BCUT2D eigenvalue weighted by molar-refractivity contribution is -0.116. The summed E-state index contributed by atoms with van der Waals surface area (Å²) in [6.45, 7) is 6.07. The summed E-state index contributed by atoms with van der Waals surface area (Å²) in [5.74, 6) is -0.0543. The molecule has 118 valence electrons. The van der Waals surface area contributed by atoms with Crippen molar-refractivity contribution in [3.8, 4) is 0 Å². The molecule has 0 heterocycles. The highest BCUT2D eigenvalue weighted by Crippen LogP contribution is 2.23. The summed E-state index contributed by atoms with van der Waals surface area (Å²) in [5.41, 5.74) is 11.3. The molecule has 0 aromatic heterocycles. The average Bonchev–Trinajstić information content (AvgIpc) is 2.43. The van der Waals surface area contributed by atoms with Crippen LogP contribution in [0.25, 0.3) is 0 Å². The van der Waals surface area contributed by atoms with E-state index in [1.54, 1.807) is 0 Å². The van der Waals surface area contributed by atoms with E-state index in [2.05, 4.69) is 24.4 Å². The van der Waals surface area contributed by atoms with Gasteiger partial charge in [-0.25, -0.2) is 0 Å². The standard InChI is InChI=1S/C18H22N2O.ClH/c1-12-9-13(2)18(14(3)10-12)20-17(21)11-16(19)15-7-5-4-6-8-15;/h4-10,16H,11,19H2,1-3H3,(H,20,21);1H. The smallest absolute Gasteiger partial charge is 0.226 e. The minimum atomic E-state index is -0.280. The largest absolute Gasteiger partial charge is 0.326 e. The summed E-state index contributed by atoms with van der Waals surface area (Å²) >= 11 is 0. The molecule has 2 aromatic rings. The fourth-order valence-electron chi connectivity index (χ4n) is 2.59. The van der Waals surface area contributed by atoms with Crippen LogP contribution in [0.3, 0.4) is 0 Å². The monoisotopic (exact) mass is 318 g/mol. The Morgan fingerprint density at radius 3 is 2.18 bits per heavy atom. The van der Waals surface area contributed by atoms with E-state index in [-0.39, 0.29) is 30.8 Å². The molecule has 22 heavy (non-hydrogen) atoms. The molecule has 1 amide bonds. The van der Waals surface area contributed by atoms with Crippen LogP contribution in [0.5, 0.6) is 0 Å². The van der Waals surface area contributed by atoms with Crippen LogP contribution in [0.1, 0.15) is 34.7 Å². The molecule has 1 atom stereocenters. The number of halogens is 1. The van der Waals surface area contributed by atoms with Gasteiger partial charge in [-0.2, -0.15) is 0 Å². The lowest BCUT2D eigenvalue weighted by Crippen LogP contribution is -2.21. The number of amides is 1. The van der Waals surface area contributed by atoms with Gasteiger partial charge in [0, 0.05) is 18.2 Å². The third-order valence-electron chi connectivity index (χ3n) is 3.57. The fourth-order valence-corrected chi connectivity index (χ4v) is 2.59. The van der Waals surface area contributed by atoms with E-state index in [0.717, 1.165) is 22.4 Å². The molecule has 1 unspecified atom stereocenters. The molecule has 0 aliphatic rings. The Morgan fingerprint density at radius 2 is 1.64 bits per heavy atom. The summed E-state index contributed by atoms with van der Waals surface area (Å²) in [4.78, 5) is 12.2. The summed E-state index contributed by atoms with van der Waals surface area (Å²) in [7, 11) is 0. The normalized spacial score (nSPS) is 11.5. The van der Waals surface area contributed by atoms with Crippen LogP contribution in [-0.2, 0) is 4.79 Å². The first kappa shape index (κ1) is 18.2. The molecule has 3 N–H and O–H groups in total. The van der Waals surface area contributed by atoms with E-state index in [9.17, 15) is 4.79 Å². The Labute approximate surface area is 138 Å². The van der Waals surface area contributed by atoms with Gasteiger partial charge < -0.3 is 11.1 Å². The highest BCUT2D eigenvalue weighted by atomic mass is 35.5. The van der Waals surface area contributed by atoms with Crippen molar-refractivity contribution in [1.82, 2.24) is 0 Å². The minimum absolute atomic E-state index is 0. The molecule has 0 aliphatic carbocycles. The zero-order valence-corrected chi connectivity index (χ0v) is 14.0. The molecular formula is C18H23ClN2O. The Bertz CT molecular complexity index is 618. The first-order chi connectivity index (χ1) is 9.97. The molecule has 0 fully saturated rings. The van der Waals surface area contributed by atoms with Crippen molar-refractivity contribution in [2.75, 3.05) is 5.32 Å². The van der Waals surface area contributed by atoms with Crippen LogP contribution in [0.15, 0.2) is 42.5 Å². The Kier molecular flexibility index (Phi) is 6.60. The lowest BCUT2D eigenvalue weighted by atomic mass is 10.0. The maximum atomic E-state index is 12.2. The van der Waals surface area contributed by atoms with Crippen molar-refractivity contribution in [3.05, 3.63) is 64.7 Å². The third-order valence-corrected chi connectivity index (χ3v) is 3.57. The summed E-state index contributed by atoms with van der Waals surface area (Å²) < 4.78 is 0. The molecule has 0 radical (unpaired) electrons. The molecular weight excluding hydrogens is 296 g/mol. The quantitative estimate of drug-likeness (QED) is 0.893. The summed E-state index contributed by atoms with van der Waals surface area (Å²) in [6.07, 6.45) is 0.275. The van der Waals surface area contributed by atoms with Crippen molar-refractivity contribution in [1.29, 1.82) is 0 Å². The van der Waals surface area contributed by atoms with Crippen LogP contribution >= 0.6 is 12.4 Å². The topological polar surface area (TPSA) is 55.1 Å². The Morgan fingerprint density at radius 1 is 1.09 bits per heavy atom. The summed E-state index contributed by atoms with van der Waals surface area (Å²) in [5, 5.41) is 2.99. The van der Waals surface area contributed by atoms with Gasteiger partial charge in [0.05, 0.1) is 0 Å². The van der Waals surface area contributed by atoms with Crippen LogP contribution < -0.4 is 11.1 Å². The third kappa shape index (κ3) is 4.58. The minimum Gasteiger partial charge on any atom is -0.326 e. The van der Waals surface area contributed by atoms with E-state index in [0.29, 0.717) is 0 Å². The number of benzene rings is 2. The predicted octanol–water partition coefficient (Wildman–Crippen LogP) is 4.06. The van der Waals surface area contributed by atoms with Crippen molar-refractivity contribution in [3.63, 3.8) is 0 Å². The van der Waals surface area contributed by atoms with Crippen molar-refractivity contribution in [2.24, 2.45) is 5.73 Å². The molecule has 0 spiro atoms. The van der Waals surface area contributed by atoms with Crippen molar-refractivity contribution in [2.45, 2.75) is 33.2 Å². The van der Waals surface area contributed by atoms with Gasteiger partial charge in [-0.05, 0) is 37.5 Å². The van der Waals surface area contributed by atoms with Gasteiger partial charge in [-0.15, -0.1) is 12.4 Å². The number of hydrogen-bond acceptors (Lipinski definition) is 2. The average molecular weight is 319 g/mol. The van der Waals surface area contributed by atoms with E-state index >= 15 is 0 Å². The maximum Gasteiger partial charge on any atom is 0.226 e. The zero-order chi connectivity index (χ0) is 15.4.